The van der Waals surface area contributed by atoms with Gasteiger partial charge in [0, 0.05) is 17.5 Å². The van der Waals surface area contributed by atoms with Gasteiger partial charge in [-0.15, -0.1) is 11.3 Å². The number of hydrogen-bond acceptors (Lipinski definition) is 4. The predicted molar refractivity (Wildman–Crippen MR) is 104 cm³/mol. The Morgan fingerprint density at radius 2 is 1.80 bits per heavy atom. The molecule has 0 saturated carbocycles. The Labute approximate surface area is 152 Å². The van der Waals surface area contributed by atoms with Crippen LogP contribution in [0.4, 0.5) is 5.69 Å². The molecule has 0 radical (unpaired) electrons. The van der Waals surface area contributed by atoms with Crippen LogP contribution in [0.25, 0.3) is 11.3 Å². The van der Waals surface area contributed by atoms with Crippen LogP contribution in [0.2, 0.25) is 0 Å². The molecule has 1 heterocycles. The van der Waals surface area contributed by atoms with Crippen LogP contribution >= 0.6 is 11.3 Å². The molecule has 6 heteroatoms. The summed E-state index contributed by atoms with van der Waals surface area (Å²) in [7, 11) is -3.65. The van der Waals surface area contributed by atoms with E-state index in [2.05, 4.69) is 4.98 Å². The predicted octanol–water partition coefficient (Wildman–Crippen LogP) is 4.64. The molecule has 0 aliphatic carbocycles. The van der Waals surface area contributed by atoms with E-state index in [9.17, 15) is 8.42 Å². The van der Waals surface area contributed by atoms with Crippen molar-refractivity contribution in [1.82, 2.24) is 4.98 Å². The second-order valence-electron chi connectivity index (χ2n) is 5.74. The van der Waals surface area contributed by atoms with Crippen molar-refractivity contribution in [3.8, 4) is 11.3 Å². The van der Waals surface area contributed by atoms with Gasteiger partial charge in [0.25, 0.3) is 10.0 Å². The van der Waals surface area contributed by atoms with E-state index in [0.717, 1.165) is 21.8 Å². The van der Waals surface area contributed by atoms with Gasteiger partial charge < -0.3 is 0 Å². The summed E-state index contributed by atoms with van der Waals surface area (Å²) < 4.78 is 28.0. The molecule has 2 aromatic carbocycles. The fraction of sp³-hybridized carbons (Fsp3) is 0.211. The van der Waals surface area contributed by atoms with Gasteiger partial charge in [-0.2, -0.15) is 0 Å². The van der Waals surface area contributed by atoms with Crippen molar-refractivity contribution in [2.45, 2.75) is 25.7 Å². The van der Waals surface area contributed by atoms with Gasteiger partial charge in [-0.05, 0) is 44.5 Å². The molecule has 130 valence electrons. The molecule has 0 saturated heterocycles. The summed E-state index contributed by atoms with van der Waals surface area (Å²) in [5.74, 6) is 0. The van der Waals surface area contributed by atoms with E-state index >= 15 is 0 Å². The zero-order valence-corrected chi connectivity index (χ0v) is 16.1. The first-order valence-electron chi connectivity index (χ1n) is 8.04. The van der Waals surface area contributed by atoms with Gasteiger partial charge in [0.1, 0.15) is 0 Å². The number of sulfonamides is 1. The molecule has 0 fully saturated rings. The lowest BCUT2D eigenvalue weighted by atomic mass is 10.1. The highest BCUT2D eigenvalue weighted by Crippen LogP contribution is 2.30. The molecule has 1 aromatic heterocycles. The van der Waals surface area contributed by atoms with Crippen LogP contribution < -0.4 is 4.31 Å². The lowest BCUT2D eigenvalue weighted by molar-refractivity contribution is 0.591. The van der Waals surface area contributed by atoms with Crippen molar-refractivity contribution in [2.24, 2.45) is 0 Å². The number of anilines is 1. The Bertz CT molecular complexity index is 980. The molecule has 4 nitrogen and oxygen atoms in total. The van der Waals surface area contributed by atoms with Crippen LogP contribution in [0.1, 0.15) is 17.5 Å². The molecule has 0 amide bonds. The van der Waals surface area contributed by atoms with E-state index < -0.39 is 10.0 Å². The first kappa shape index (κ1) is 17.6. The average Bonchev–Trinajstić information content (AvgIpc) is 3.03. The summed E-state index contributed by atoms with van der Waals surface area (Å²) in [4.78, 5) is 4.79. The molecule has 0 aliphatic rings. The van der Waals surface area contributed by atoms with Gasteiger partial charge in [-0.25, -0.2) is 13.4 Å². The van der Waals surface area contributed by atoms with Gasteiger partial charge in [0.15, 0.2) is 0 Å². The van der Waals surface area contributed by atoms with E-state index in [1.54, 1.807) is 17.4 Å². The Hall–Kier alpha value is -2.18. The standard InChI is InChI=1S/C19H20N2O2S2/c1-4-21(17-8-6-5-7-9-17)25(22,23)19-12-16(11-10-14(19)2)18-13-24-15(3)20-18/h5-13H,4H2,1-3H3. The molecule has 0 aliphatic heterocycles. The Kier molecular flexibility index (Phi) is 4.92. The van der Waals surface area contributed by atoms with E-state index in [0.29, 0.717) is 17.1 Å². The number of aromatic nitrogens is 1. The summed E-state index contributed by atoms with van der Waals surface area (Å²) in [5.41, 5.74) is 3.02. The summed E-state index contributed by atoms with van der Waals surface area (Å²) in [6.07, 6.45) is 0. The van der Waals surface area contributed by atoms with Crippen molar-refractivity contribution in [1.29, 1.82) is 0 Å². The van der Waals surface area contributed by atoms with Crippen LogP contribution in [-0.2, 0) is 10.0 Å². The summed E-state index contributed by atoms with van der Waals surface area (Å²) in [6, 6.07) is 14.7. The largest absolute Gasteiger partial charge is 0.267 e. The van der Waals surface area contributed by atoms with Crippen molar-refractivity contribution in [2.75, 3.05) is 10.8 Å². The van der Waals surface area contributed by atoms with Gasteiger partial charge in [0.2, 0.25) is 0 Å². The first-order valence-corrected chi connectivity index (χ1v) is 10.4. The molecule has 25 heavy (non-hydrogen) atoms. The topological polar surface area (TPSA) is 50.3 Å². The van der Waals surface area contributed by atoms with E-state index in [4.69, 9.17) is 0 Å². The van der Waals surface area contributed by atoms with Crippen molar-refractivity contribution in [3.05, 3.63) is 64.5 Å². The maximum absolute atomic E-state index is 13.3. The highest BCUT2D eigenvalue weighted by Gasteiger charge is 2.25. The quantitative estimate of drug-likeness (QED) is 0.655. The highest BCUT2D eigenvalue weighted by molar-refractivity contribution is 7.92. The summed E-state index contributed by atoms with van der Waals surface area (Å²) >= 11 is 1.55. The molecule has 3 rings (SSSR count). The summed E-state index contributed by atoms with van der Waals surface area (Å²) in [5, 5.41) is 2.91. The normalized spacial score (nSPS) is 11.5. The first-order chi connectivity index (χ1) is 11.9. The van der Waals surface area contributed by atoms with Crippen LogP contribution in [-0.4, -0.2) is 19.9 Å². The number of benzene rings is 2. The monoisotopic (exact) mass is 372 g/mol. The minimum absolute atomic E-state index is 0.321. The van der Waals surface area contributed by atoms with Crippen molar-refractivity contribution in [3.63, 3.8) is 0 Å². The van der Waals surface area contributed by atoms with Crippen LogP contribution in [0, 0.1) is 13.8 Å². The number of nitrogens with zero attached hydrogens (tertiary/aromatic N) is 2. The minimum atomic E-state index is -3.65. The number of aryl methyl sites for hydroxylation is 2. The second kappa shape index (κ2) is 6.98. The Balaban J connectivity index is 2.10. The number of thiazole rings is 1. The minimum Gasteiger partial charge on any atom is -0.267 e. The second-order valence-corrected chi connectivity index (χ2v) is 8.63. The third kappa shape index (κ3) is 3.45. The van der Waals surface area contributed by atoms with Gasteiger partial charge in [-0.3, -0.25) is 4.31 Å². The van der Waals surface area contributed by atoms with Gasteiger partial charge >= 0.3 is 0 Å². The molecule has 0 atom stereocenters. The maximum Gasteiger partial charge on any atom is 0.264 e. The maximum atomic E-state index is 13.3. The average molecular weight is 373 g/mol. The number of rotatable bonds is 5. The van der Waals surface area contributed by atoms with Crippen LogP contribution in [0.5, 0.6) is 0 Å². The lowest BCUT2D eigenvalue weighted by Gasteiger charge is -2.24. The number of para-hydroxylation sites is 1. The molecular weight excluding hydrogens is 352 g/mol. The van der Waals surface area contributed by atoms with Crippen LogP contribution in [0.15, 0.2) is 58.8 Å². The SMILES string of the molecule is CCN(c1ccccc1)S(=O)(=O)c1cc(-c2csc(C)n2)ccc1C. The Morgan fingerprint density at radius 3 is 2.40 bits per heavy atom. The van der Waals surface area contributed by atoms with Gasteiger partial charge in [-0.1, -0.05) is 30.3 Å². The zero-order chi connectivity index (χ0) is 18.0. The third-order valence-corrected chi connectivity index (χ3v) is 6.82. The summed E-state index contributed by atoms with van der Waals surface area (Å²) in [6.45, 7) is 5.97. The van der Waals surface area contributed by atoms with Crippen LogP contribution in [0.3, 0.4) is 0 Å². The lowest BCUT2D eigenvalue weighted by Crippen LogP contribution is -2.31. The fourth-order valence-electron chi connectivity index (χ4n) is 2.74. The smallest absolute Gasteiger partial charge is 0.264 e. The molecule has 0 spiro atoms. The molecule has 0 bridgehead atoms. The fourth-order valence-corrected chi connectivity index (χ4v) is 5.09. The van der Waals surface area contributed by atoms with Crippen molar-refractivity contribution >= 4 is 27.0 Å². The van der Waals surface area contributed by atoms with E-state index in [-0.39, 0.29) is 0 Å². The number of hydrogen-bond donors (Lipinski definition) is 0. The molecule has 0 unspecified atom stereocenters. The van der Waals surface area contributed by atoms with E-state index in [1.165, 1.54) is 4.31 Å². The molecular formula is C19H20N2O2S2. The highest BCUT2D eigenvalue weighted by atomic mass is 32.2. The Morgan fingerprint density at radius 1 is 1.08 bits per heavy atom. The molecule has 3 aromatic rings. The van der Waals surface area contributed by atoms with Crippen molar-refractivity contribution < 1.29 is 8.42 Å². The molecule has 0 N–H and O–H groups in total. The van der Waals surface area contributed by atoms with E-state index in [1.807, 2.05) is 68.6 Å². The van der Waals surface area contributed by atoms with Gasteiger partial charge in [0.05, 0.1) is 21.3 Å². The third-order valence-electron chi connectivity index (χ3n) is 4.00. The zero-order valence-electron chi connectivity index (χ0n) is 14.4.